The zero-order valence-electron chi connectivity index (χ0n) is 9.14. The number of aryl methyl sites for hydroxylation is 1. The van der Waals surface area contributed by atoms with Crippen LogP contribution in [0.25, 0.3) is 20.7 Å². The number of halogens is 1. The highest BCUT2D eigenvalue weighted by molar-refractivity contribution is 7.22. The first kappa shape index (κ1) is 10.3. The van der Waals surface area contributed by atoms with Gasteiger partial charge in [-0.1, -0.05) is 6.07 Å². The molecule has 0 atom stereocenters. The van der Waals surface area contributed by atoms with Crippen molar-refractivity contribution in [2.45, 2.75) is 0 Å². The summed E-state index contributed by atoms with van der Waals surface area (Å²) in [7, 11) is 1.80. The summed E-state index contributed by atoms with van der Waals surface area (Å²) in [6.07, 6.45) is 0. The largest absolute Gasteiger partial charge is 0.384 e. The minimum Gasteiger partial charge on any atom is -0.384 e. The standard InChI is InChI=1S/C12H10FN3S/c1-16-12(14)6-9(15-16)11-4-7-2-3-8(13)5-10(7)17-11/h2-6H,14H2,1H3. The average molecular weight is 247 g/mol. The SMILES string of the molecule is Cn1nc(-c2cc3ccc(F)cc3s2)cc1N. The van der Waals surface area contributed by atoms with Gasteiger partial charge < -0.3 is 5.73 Å². The van der Waals surface area contributed by atoms with E-state index in [1.54, 1.807) is 17.8 Å². The van der Waals surface area contributed by atoms with E-state index in [0.717, 1.165) is 20.7 Å². The normalized spacial score (nSPS) is 11.2. The number of nitrogens with zero attached hydrogens (tertiary/aromatic N) is 2. The molecule has 0 unspecified atom stereocenters. The van der Waals surface area contributed by atoms with Crippen molar-refractivity contribution in [3.63, 3.8) is 0 Å². The monoisotopic (exact) mass is 247 g/mol. The van der Waals surface area contributed by atoms with Gasteiger partial charge in [0, 0.05) is 17.8 Å². The Morgan fingerprint density at radius 1 is 1.29 bits per heavy atom. The van der Waals surface area contributed by atoms with Crippen LogP contribution in [-0.2, 0) is 7.05 Å². The van der Waals surface area contributed by atoms with E-state index >= 15 is 0 Å². The van der Waals surface area contributed by atoms with Gasteiger partial charge in [-0.2, -0.15) is 5.10 Å². The van der Waals surface area contributed by atoms with E-state index in [1.165, 1.54) is 23.5 Å². The third kappa shape index (κ3) is 1.68. The molecule has 86 valence electrons. The second-order valence-electron chi connectivity index (χ2n) is 3.87. The van der Waals surface area contributed by atoms with Gasteiger partial charge in [-0.25, -0.2) is 4.39 Å². The summed E-state index contributed by atoms with van der Waals surface area (Å²) < 4.78 is 15.6. The molecule has 1 aromatic carbocycles. The molecule has 3 nitrogen and oxygen atoms in total. The lowest BCUT2D eigenvalue weighted by Gasteiger charge is -1.89. The lowest BCUT2D eigenvalue weighted by Crippen LogP contribution is -1.96. The third-order valence-corrected chi connectivity index (χ3v) is 3.77. The summed E-state index contributed by atoms with van der Waals surface area (Å²) in [6, 6.07) is 8.60. The van der Waals surface area contributed by atoms with Crippen molar-refractivity contribution in [2.24, 2.45) is 7.05 Å². The van der Waals surface area contributed by atoms with Crippen LogP contribution in [0.2, 0.25) is 0 Å². The molecule has 0 radical (unpaired) electrons. The Morgan fingerprint density at radius 2 is 2.12 bits per heavy atom. The first-order valence-corrected chi connectivity index (χ1v) is 5.94. The minimum atomic E-state index is -0.216. The van der Waals surface area contributed by atoms with Gasteiger partial charge in [0.25, 0.3) is 0 Å². The molecular weight excluding hydrogens is 237 g/mol. The number of nitrogen functional groups attached to an aromatic ring is 1. The fourth-order valence-electron chi connectivity index (χ4n) is 1.73. The number of thiophene rings is 1. The number of nitrogens with two attached hydrogens (primary N) is 1. The van der Waals surface area contributed by atoms with Crippen LogP contribution < -0.4 is 5.73 Å². The van der Waals surface area contributed by atoms with E-state index in [-0.39, 0.29) is 5.82 Å². The molecule has 0 fully saturated rings. The first-order valence-electron chi connectivity index (χ1n) is 5.12. The van der Waals surface area contributed by atoms with E-state index in [2.05, 4.69) is 5.10 Å². The van der Waals surface area contributed by atoms with Crippen LogP contribution in [0.1, 0.15) is 0 Å². The van der Waals surface area contributed by atoms with E-state index in [0.29, 0.717) is 5.82 Å². The van der Waals surface area contributed by atoms with Crippen molar-refractivity contribution in [1.29, 1.82) is 0 Å². The van der Waals surface area contributed by atoms with Crippen molar-refractivity contribution in [2.75, 3.05) is 5.73 Å². The lowest BCUT2D eigenvalue weighted by atomic mass is 10.2. The number of hydrogen-bond donors (Lipinski definition) is 1. The van der Waals surface area contributed by atoms with Gasteiger partial charge in [0.1, 0.15) is 17.3 Å². The van der Waals surface area contributed by atoms with Crippen molar-refractivity contribution >= 4 is 27.2 Å². The highest BCUT2D eigenvalue weighted by atomic mass is 32.1. The predicted octanol–water partition coefficient (Wildman–Crippen LogP) is 3.02. The quantitative estimate of drug-likeness (QED) is 0.718. The number of anilines is 1. The molecule has 0 spiro atoms. The van der Waals surface area contributed by atoms with Crippen LogP contribution in [-0.4, -0.2) is 9.78 Å². The average Bonchev–Trinajstić information content (AvgIpc) is 2.83. The molecule has 3 rings (SSSR count). The van der Waals surface area contributed by atoms with Crippen LogP contribution in [0.3, 0.4) is 0 Å². The van der Waals surface area contributed by atoms with E-state index < -0.39 is 0 Å². The Labute approximate surface area is 101 Å². The van der Waals surface area contributed by atoms with Crippen molar-refractivity contribution in [3.8, 4) is 10.6 Å². The van der Waals surface area contributed by atoms with Crippen LogP contribution in [0.4, 0.5) is 10.2 Å². The van der Waals surface area contributed by atoms with Gasteiger partial charge in [0.2, 0.25) is 0 Å². The maximum absolute atomic E-state index is 13.1. The summed E-state index contributed by atoms with van der Waals surface area (Å²) in [5, 5.41) is 5.33. The lowest BCUT2D eigenvalue weighted by molar-refractivity contribution is 0.630. The molecule has 0 aliphatic rings. The van der Waals surface area contributed by atoms with Gasteiger partial charge >= 0.3 is 0 Å². The Kier molecular flexibility index (Phi) is 2.16. The third-order valence-electron chi connectivity index (χ3n) is 2.65. The van der Waals surface area contributed by atoms with Crippen LogP contribution in [0.15, 0.2) is 30.3 Å². The zero-order chi connectivity index (χ0) is 12.0. The number of hydrogen-bond acceptors (Lipinski definition) is 3. The molecule has 3 aromatic rings. The molecule has 2 N–H and O–H groups in total. The van der Waals surface area contributed by atoms with E-state index in [9.17, 15) is 4.39 Å². The number of benzene rings is 1. The second-order valence-corrected chi connectivity index (χ2v) is 4.95. The van der Waals surface area contributed by atoms with Gasteiger partial charge in [-0.15, -0.1) is 11.3 Å². The molecule has 2 aromatic heterocycles. The van der Waals surface area contributed by atoms with E-state index in [1.807, 2.05) is 12.1 Å². The maximum Gasteiger partial charge on any atom is 0.124 e. The van der Waals surface area contributed by atoms with Crippen molar-refractivity contribution in [1.82, 2.24) is 9.78 Å². The second kappa shape index (κ2) is 3.56. The maximum atomic E-state index is 13.1. The highest BCUT2D eigenvalue weighted by Gasteiger charge is 2.09. The van der Waals surface area contributed by atoms with Crippen molar-refractivity contribution < 1.29 is 4.39 Å². The number of fused-ring (bicyclic) bond motifs is 1. The molecule has 0 bridgehead atoms. The highest BCUT2D eigenvalue weighted by Crippen LogP contribution is 2.33. The van der Waals surface area contributed by atoms with Gasteiger partial charge in [-0.05, 0) is 23.6 Å². The van der Waals surface area contributed by atoms with Crippen molar-refractivity contribution in [3.05, 3.63) is 36.1 Å². The molecule has 0 saturated heterocycles. The molecule has 0 aliphatic heterocycles. The Hall–Kier alpha value is -1.88. The smallest absolute Gasteiger partial charge is 0.124 e. The molecule has 2 heterocycles. The molecule has 0 amide bonds. The molecule has 0 aliphatic carbocycles. The van der Waals surface area contributed by atoms with Crippen LogP contribution in [0, 0.1) is 5.82 Å². The number of rotatable bonds is 1. The zero-order valence-corrected chi connectivity index (χ0v) is 9.96. The predicted molar refractivity (Wildman–Crippen MR) is 68.4 cm³/mol. The Balaban J connectivity index is 2.17. The minimum absolute atomic E-state index is 0.216. The fourth-order valence-corrected chi connectivity index (χ4v) is 2.78. The first-order chi connectivity index (χ1) is 8.13. The van der Waals surface area contributed by atoms with Crippen LogP contribution >= 0.6 is 11.3 Å². The molecule has 17 heavy (non-hydrogen) atoms. The Morgan fingerprint density at radius 3 is 2.82 bits per heavy atom. The summed E-state index contributed by atoms with van der Waals surface area (Å²) in [6.45, 7) is 0. The van der Waals surface area contributed by atoms with Gasteiger partial charge in [-0.3, -0.25) is 4.68 Å². The van der Waals surface area contributed by atoms with Gasteiger partial charge in [0.15, 0.2) is 0 Å². The Bertz CT molecular complexity index is 679. The summed E-state index contributed by atoms with van der Waals surface area (Å²) >= 11 is 1.52. The number of aromatic nitrogens is 2. The summed E-state index contributed by atoms with van der Waals surface area (Å²) in [5.41, 5.74) is 6.57. The van der Waals surface area contributed by atoms with Crippen LogP contribution in [0.5, 0.6) is 0 Å². The fraction of sp³-hybridized carbons (Fsp3) is 0.0833. The molecule has 5 heteroatoms. The summed E-state index contributed by atoms with van der Waals surface area (Å²) in [4.78, 5) is 0.998. The topological polar surface area (TPSA) is 43.8 Å². The van der Waals surface area contributed by atoms with Gasteiger partial charge in [0.05, 0.1) is 4.88 Å². The van der Waals surface area contributed by atoms with E-state index in [4.69, 9.17) is 5.73 Å². The summed E-state index contributed by atoms with van der Waals surface area (Å²) in [5.74, 6) is 0.398. The molecular formula is C12H10FN3S. The molecule has 0 saturated carbocycles.